The van der Waals surface area contributed by atoms with Gasteiger partial charge < -0.3 is 0 Å². The maximum Gasteiger partial charge on any atom is 0.265 e. The first kappa shape index (κ1) is 13.7. The van der Waals surface area contributed by atoms with E-state index in [2.05, 4.69) is 30.0 Å². The molecule has 2 rings (SSSR count). The molecule has 0 saturated heterocycles. The molecule has 0 unspecified atom stereocenters. The molecule has 0 radical (unpaired) electrons. The number of aryl methyl sites for hydroxylation is 1. The van der Waals surface area contributed by atoms with Crippen molar-refractivity contribution < 1.29 is 8.42 Å². The summed E-state index contributed by atoms with van der Waals surface area (Å²) in [6, 6.07) is 4.54. The zero-order valence-corrected chi connectivity index (χ0v) is 13.0. The zero-order valence-electron chi connectivity index (χ0n) is 9.02. The van der Waals surface area contributed by atoms with Crippen molar-refractivity contribution in [2.24, 2.45) is 0 Å². The van der Waals surface area contributed by atoms with Crippen LogP contribution in [0.2, 0.25) is 5.02 Å². The van der Waals surface area contributed by atoms with Gasteiger partial charge in [-0.3, -0.25) is 4.72 Å². The van der Waals surface area contributed by atoms with Crippen LogP contribution in [0.25, 0.3) is 0 Å². The first-order valence-electron chi connectivity index (χ1n) is 4.67. The van der Waals surface area contributed by atoms with Gasteiger partial charge in [0.25, 0.3) is 10.0 Å². The highest BCUT2D eigenvalue weighted by atomic mass is 79.9. The summed E-state index contributed by atoms with van der Waals surface area (Å²) in [5.41, 5.74) is 0. The summed E-state index contributed by atoms with van der Waals surface area (Å²) in [5, 5.41) is 0.351. The molecule has 96 valence electrons. The Morgan fingerprint density at radius 2 is 2.17 bits per heavy atom. The number of nitrogens with one attached hydrogen (secondary N) is 1. The number of halogens is 2. The minimum Gasteiger partial charge on any atom is -0.253 e. The lowest BCUT2D eigenvalue weighted by Crippen LogP contribution is -2.13. The van der Waals surface area contributed by atoms with Gasteiger partial charge in [0.2, 0.25) is 5.13 Å². The molecule has 1 aromatic carbocycles. The number of nitrogens with zero attached hydrogens (tertiary/aromatic N) is 2. The molecule has 2 aromatic rings. The Hall–Kier alpha value is -0.700. The minimum atomic E-state index is -3.74. The van der Waals surface area contributed by atoms with E-state index in [1.54, 1.807) is 13.0 Å². The van der Waals surface area contributed by atoms with Crippen LogP contribution in [0.5, 0.6) is 0 Å². The SMILES string of the molecule is Cc1nsc(NS(=O)(=O)c2ccc(Br)cc2Cl)n1. The van der Waals surface area contributed by atoms with Crippen LogP contribution < -0.4 is 4.72 Å². The number of rotatable bonds is 3. The van der Waals surface area contributed by atoms with E-state index in [0.717, 1.165) is 11.5 Å². The minimum absolute atomic E-state index is 0.000203. The highest BCUT2D eigenvalue weighted by Gasteiger charge is 2.19. The molecule has 0 spiro atoms. The van der Waals surface area contributed by atoms with Gasteiger partial charge in [0.1, 0.15) is 10.7 Å². The predicted octanol–water partition coefficient (Wildman–Crippen LogP) is 3.06. The van der Waals surface area contributed by atoms with Crippen molar-refractivity contribution in [2.45, 2.75) is 11.8 Å². The summed E-state index contributed by atoms with van der Waals surface area (Å²) in [6.45, 7) is 1.68. The third kappa shape index (κ3) is 3.00. The van der Waals surface area contributed by atoms with Crippen LogP contribution in [-0.2, 0) is 10.0 Å². The summed E-state index contributed by atoms with van der Waals surface area (Å²) in [4.78, 5) is 3.93. The second-order valence-corrected chi connectivity index (χ2v) is 7.05. The fraction of sp³-hybridized carbons (Fsp3) is 0.111. The summed E-state index contributed by atoms with van der Waals surface area (Å²) in [5.74, 6) is 0.514. The predicted molar refractivity (Wildman–Crippen MR) is 74.6 cm³/mol. The molecule has 9 heteroatoms. The lowest BCUT2D eigenvalue weighted by Gasteiger charge is -2.06. The van der Waals surface area contributed by atoms with Crippen molar-refractivity contribution in [3.8, 4) is 0 Å². The number of anilines is 1. The van der Waals surface area contributed by atoms with Crippen LogP contribution in [0, 0.1) is 6.92 Å². The van der Waals surface area contributed by atoms with Crippen LogP contribution in [-0.4, -0.2) is 17.8 Å². The van der Waals surface area contributed by atoms with E-state index in [1.807, 2.05) is 0 Å². The third-order valence-electron chi connectivity index (χ3n) is 1.93. The monoisotopic (exact) mass is 367 g/mol. The molecule has 18 heavy (non-hydrogen) atoms. The maximum atomic E-state index is 12.1. The highest BCUT2D eigenvalue weighted by Crippen LogP contribution is 2.27. The van der Waals surface area contributed by atoms with Gasteiger partial charge >= 0.3 is 0 Å². The Bertz CT molecular complexity index is 687. The summed E-state index contributed by atoms with van der Waals surface area (Å²) < 4.78 is 31.1. The molecule has 5 nitrogen and oxygen atoms in total. The molecule has 1 heterocycles. The second kappa shape index (κ2) is 5.12. The number of hydrogen-bond acceptors (Lipinski definition) is 5. The first-order chi connectivity index (χ1) is 8.38. The van der Waals surface area contributed by atoms with Crippen molar-refractivity contribution >= 4 is 54.2 Å². The van der Waals surface area contributed by atoms with Gasteiger partial charge in [-0.1, -0.05) is 27.5 Å². The molecule has 0 aliphatic rings. The van der Waals surface area contributed by atoms with Crippen molar-refractivity contribution in [1.82, 2.24) is 9.36 Å². The van der Waals surface area contributed by atoms with Gasteiger partial charge in [0.05, 0.1) is 5.02 Å². The van der Waals surface area contributed by atoms with Crippen molar-refractivity contribution in [1.29, 1.82) is 0 Å². The molecule has 0 bridgehead atoms. The van der Waals surface area contributed by atoms with Crippen LogP contribution in [0.3, 0.4) is 0 Å². The molecule has 0 aliphatic heterocycles. The highest BCUT2D eigenvalue weighted by molar-refractivity contribution is 9.10. The van der Waals surface area contributed by atoms with Gasteiger partial charge in [-0.15, -0.1) is 0 Å². The standard InChI is InChI=1S/C9H7BrClN3O2S2/c1-5-12-9(17-13-5)14-18(15,16)8-3-2-6(10)4-7(8)11/h2-4H,1H3,(H,12,13,14). The van der Waals surface area contributed by atoms with E-state index >= 15 is 0 Å². The number of benzene rings is 1. The molecule has 0 amide bonds. The van der Waals surface area contributed by atoms with E-state index < -0.39 is 10.0 Å². The van der Waals surface area contributed by atoms with Crippen LogP contribution >= 0.6 is 39.1 Å². The average molecular weight is 369 g/mol. The maximum absolute atomic E-state index is 12.1. The lowest BCUT2D eigenvalue weighted by atomic mass is 10.4. The Morgan fingerprint density at radius 3 is 2.72 bits per heavy atom. The Labute approximate surface area is 122 Å². The van der Waals surface area contributed by atoms with Crippen LogP contribution in [0.4, 0.5) is 5.13 Å². The van der Waals surface area contributed by atoms with E-state index in [0.29, 0.717) is 10.3 Å². The number of aromatic nitrogens is 2. The van der Waals surface area contributed by atoms with Crippen LogP contribution in [0.1, 0.15) is 5.82 Å². The van der Waals surface area contributed by atoms with E-state index in [9.17, 15) is 8.42 Å². The molecule has 1 N–H and O–H groups in total. The quantitative estimate of drug-likeness (QED) is 0.903. The summed E-state index contributed by atoms with van der Waals surface area (Å²) >= 11 is 10.1. The van der Waals surface area contributed by atoms with Gasteiger partial charge in [0, 0.05) is 16.0 Å². The number of hydrogen-bond donors (Lipinski definition) is 1. The third-order valence-corrected chi connectivity index (χ3v) is 5.10. The van der Waals surface area contributed by atoms with E-state index in [-0.39, 0.29) is 15.0 Å². The smallest absolute Gasteiger partial charge is 0.253 e. The Morgan fingerprint density at radius 1 is 1.44 bits per heavy atom. The molecule has 0 aliphatic carbocycles. The topological polar surface area (TPSA) is 72.0 Å². The van der Waals surface area contributed by atoms with Crippen molar-refractivity contribution in [3.63, 3.8) is 0 Å². The zero-order chi connectivity index (χ0) is 13.3. The molecule has 1 aromatic heterocycles. The first-order valence-corrected chi connectivity index (χ1v) is 8.09. The van der Waals surface area contributed by atoms with Crippen molar-refractivity contribution in [2.75, 3.05) is 4.72 Å². The van der Waals surface area contributed by atoms with E-state index in [1.165, 1.54) is 12.1 Å². The lowest BCUT2D eigenvalue weighted by molar-refractivity contribution is 0.601. The molecule has 0 atom stereocenters. The van der Waals surface area contributed by atoms with Gasteiger partial charge in [-0.2, -0.15) is 4.37 Å². The molecule has 0 fully saturated rings. The van der Waals surface area contributed by atoms with Gasteiger partial charge in [-0.05, 0) is 25.1 Å². The number of sulfonamides is 1. The molecule has 0 saturated carbocycles. The molecular formula is C9H7BrClN3O2S2. The van der Waals surface area contributed by atoms with E-state index in [4.69, 9.17) is 11.6 Å². The fourth-order valence-corrected chi connectivity index (χ4v) is 4.04. The van der Waals surface area contributed by atoms with Crippen LogP contribution in [0.15, 0.2) is 27.6 Å². The largest absolute Gasteiger partial charge is 0.265 e. The Balaban J connectivity index is 2.36. The molecular weight excluding hydrogens is 362 g/mol. The van der Waals surface area contributed by atoms with Gasteiger partial charge in [-0.25, -0.2) is 13.4 Å². The van der Waals surface area contributed by atoms with Gasteiger partial charge in [0.15, 0.2) is 0 Å². The fourth-order valence-electron chi connectivity index (χ4n) is 1.20. The average Bonchev–Trinajstić information content (AvgIpc) is 2.62. The summed E-state index contributed by atoms with van der Waals surface area (Å²) in [6.07, 6.45) is 0. The second-order valence-electron chi connectivity index (χ2n) is 3.33. The summed E-state index contributed by atoms with van der Waals surface area (Å²) in [7, 11) is -3.74. The Kier molecular flexibility index (Phi) is 3.90. The normalized spacial score (nSPS) is 11.5. The van der Waals surface area contributed by atoms with Crippen molar-refractivity contribution in [3.05, 3.63) is 33.5 Å².